The minimum Gasteiger partial charge on any atom is -0.473 e. The van der Waals surface area contributed by atoms with E-state index in [-0.39, 0.29) is 0 Å². The number of allylic oxidation sites excluding steroid dienone is 2. The number of rotatable bonds is 2. The highest BCUT2D eigenvalue weighted by Crippen LogP contribution is 2.17. The molecular weight excluding hydrogens is 472 g/mol. The van der Waals surface area contributed by atoms with Gasteiger partial charge in [0.2, 0.25) is 0 Å². The summed E-state index contributed by atoms with van der Waals surface area (Å²) in [6.07, 6.45) is 48.5. The Morgan fingerprint density at radius 1 is 0.256 bits per heavy atom. The fourth-order valence-electron chi connectivity index (χ4n) is 5.61. The normalized spacial score (nSPS) is 20.3. The molecule has 0 aromatic heterocycles. The molecule has 3 fully saturated rings. The van der Waals surface area contributed by atoms with E-state index >= 15 is 0 Å². The second-order valence-corrected chi connectivity index (χ2v) is 13.1. The van der Waals surface area contributed by atoms with Crippen LogP contribution in [0.4, 0.5) is 0 Å². The van der Waals surface area contributed by atoms with Crippen LogP contribution in [0, 0.1) is 0 Å². The van der Waals surface area contributed by atoms with Gasteiger partial charge in [0.1, 0.15) is 0 Å². The molecule has 0 unspecified atom stereocenters. The Morgan fingerprint density at radius 3 is 0.436 bits per heavy atom. The van der Waals surface area contributed by atoms with Gasteiger partial charge in [-0.2, -0.15) is 0 Å². The molecule has 0 spiro atoms. The van der Waals surface area contributed by atoms with E-state index in [1.807, 2.05) is 27.7 Å². The summed E-state index contributed by atoms with van der Waals surface area (Å²) in [5.41, 5.74) is 2.35. The van der Waals surface area contributed by atoms with Crippen LogP contribution in [0.3, 0.4) is 0 Å². The molecule has 39 heavy (non-hydrogen) atoms. The van der Waals surface area contributed by atoms with Crippen molar-refractivity contribution in [3.8, 4) is 0 Å². The van der Waals surface area contributed by atoms with Gasteiger partial charge in [-0.05, 0) is 38.8 Å². The van der Waals surface area contributed by atoms with Gasteiger partial charge in [0, 0.05) is 0 Å². The summed E-state index contributed by atoms with van der Waals surface area (Å²) in [5, 5.41) is 0. The quantitative estimate of drug-likeness (QED) is 0.313. The lowest BCUT2D eigenvalue weighted by Gasteiger charge is -2.05. The Bertz CT molecular complexity index is 346. The van der Waals surface area contributed by atoms with Gasteiger partial charge >= 0.3 is 0 Å². The smallest absolute Gasteiger partial charge is 0.0887 e. The SMILES string of the molecule is C1CCCCCCCCC1.C1CCCCCCCCC1.C1CCCCCCCCC1.CC(C)=COC=C(C)C. The predicted octanol–water partition coefficient (Wildman–Crippen LogP) is 14.6. The molecule has 0 amide bonds. The summed E-state index contributed by atoms with van der Waals surface area (Å²) >= 11 is 0. The highest BCUT2D eigenvalue weighted by molar-refractivity contribution is 4.92. The van der Waals surface area contributed by atoms with E-state index in [0.29, 0.717) is 0 Å². The molecule has 3 saturated carbocycles. The average molecular weight is 547 g/mol. The van der Waals surface area contributed by atoms with E-state index in [4.69, 9.17) is 4.74 Å². The van der Waals surface area contributed by atoms with Gasteiger partial charge in [-0.1, -0.05) is 193 Å². The van der Waals surface area contributed by atoms with Gasteiger partial charge in [0.05, 0.1) is 12.5 Å². The van der Waals surface area contributed by atoms with Crippen LogP contribution in [-0.4, -0.2) is 0 Å². The maximum atomic E-state index is 5.03. The second kappa shape index (κ2) is 33.5. The molecule has 0 heterocycles. The first kappa shape index (κ1) is 38.3. The van der Waals surface area contributed by atoms with E-state index in [1.165, 1.54) is 204 Å². The number of ether oxygens (including phenoxy) is 1. The topological polar surface area (TPSA) is 9.23 Å². The highest BCUT2D eigenvalue weighted by atomic mass is 16.5. The zero-order chi connectivity index (χ0) is 28.5. The van der Waals surface area contributed by atoms with Gasteiger partial charge in [0.25, 0.3) is 0 Å². The molecular formula is C38H74O. The number of hydrogen-bond donors (Lipinski definition) is 0. The van der Waals surface area contributed by atoms with Crippen LogP contribution >= 0.6 is 0 Å². The monoisotopic (exact) mass is 547 g/mol. The molecule has 232 valence electrons. The molecule has 0 atom stereocenters. The minimum atomic E-state index is 1.17. The summed E-state index contributed by atoms with van der Waals surface area (Å²) in [4.78, 5) is 0. The van der Waals surface area contributed by atoms with Crippen molar-refractivity contribution in [3.05, 3.63) is 23.7 Å². The Morgan fingerprint density at radius 2 is 0.359 bits per heavy atom. The summed E-state index contributed by atoms with van der Waals surface area (Å²) in [6.45, 7) is 8.00. The molecule has 0 bridgehead atoms. The second-order valence-electron chi connectivity index (χ2n) is 13.1. The first-order valence-corrected chi connectivity index (χ1v) is 18.0. The zero-order valence-corrected chi connectivity index (χ0v) is 27.8. The molecule has 1 nitrogen and oxygen atoms in total. The lowest BCUT2D eigenvalue weighted by atomic mass is 10.0. The predicted molar refractivity (Wildman–Crippen MR) is 178 cm³/mol. The van der Waals surface area contributed by atoms with Crippen LogP contribution in [0.5, 0.6) is 0 Å². The molecule has 0 radical (unpaired) electrons. The van der Waals surface area contributed by atoms with Crippen molar-refractivity contribution in [2.75, 3.05) is 0 Å². The van der Waals surface area contributed by atoms with Crippen LogP contribution < -0.4 is 0 Å². The molecule has 0 saturated heterocycles. The van der Waals surface area contributed by atoms with Crippen molar-refractivity contribution in [2.45, 2.75) is 220 Å². The van der Waals surface area contributed by atoms with Crippen molar-refractivity contribution >= 4 is 0 Å². The Hall–Kier alpha value is -0.720. The highest BCUT2D eigenvalue weighted by Gasteiger charge is 1.97. The zero-order valence-electron chi connectivity index (χ0n) is 27.8. The molecule has 0 N–H and O–H groups in total. The summed E-state index contributed by atoms with van der Waals surface area (Å²) in [7, 11) is 0. The molecule has 1 heteroatoms. The molecule has 0 aliphatic heterocycles. The van der Waals surface area contributed by atoms with Crippen LogP contribution in [0.2, 0.25) is 0 Å². The first-order chi connectivity index (χ1) is 19.1. The lowest BCUT2D eigenvalue weighted by molar-refractivity contribution is 0.393. The Kier molecular flexibility index (Phi) is 32.9. The largest absolute Gasteiger partial charge is 0.473 e. The van der Waals surface area contributed by atoms with Gasteiger partial charge in [-0.15, -0.1) is 0 Å². The third-order valence-electron chi connectivity index (χ3n) is 8.11. The van der Waals surface area contributed by atoms with Gasteiger partial charge in [0.15, 0.2) is 0 Å². The van der Waals surface area contributed by atoms with Gasteiger partial charge in [-0.3, -0.25) is 0 Å². The third-order valence-corrected chi connectivity index (χ3v) is 8.11. The summed E-state index contributed by atoms with van der Waals surface area (Å²) < 4.78 is 5.03. The maximum absolute atomic E-state index is 5.03. The van der Waals surface area contributed by atoms with Crippen LogP contribution in [0.15, 0.2) is 23.7 Å². The summed E-state index contributed by atoms with van der Waals surface area (Å²) in [6, 6.07) is 0. The third kappa shape index (κ3) is 37.3. The van der Waals surface area contributed by atoms with E-state index in [0.717, 1.165) is 0 Å². The van der Waals surface area contributed by atoms with Gasteiger partial charge < -0.3 is 4.74 Å². The molecule has 3 aliphatic carbocycles. The van der Waals surface area contributed by atoms with Crippen molar-refractivity contribution in [2.24, 2.45) is 0 Å². The van der Waals surface area contributed by atoms with E-state index in [9.17, 15) is 0 Å². The van der Waals surface area contributed by atoms with Crippen molar-refractivity contribution in [3.63, 3.8) is 0 Å². The fraction of sp³-hybridized carbons (Fsp3) is 0.895. The number of hydrogen-bond acceptors (Lipinski definition) is 1. The first-order valence-electron chi connectivity index (χ1n) is 18.0. The average Bonchev–Trinajstić information content (AvgIpc) is 2.95. The van der Waals surface area contributed by atoms with Crippen LogP contribution in [0.1, 0.15) is 220 Å². The van der Waals surface area contributed by atoms with Crippen molar-refractivity contribution in [1.29, 1.82) is 0 Å². The molecule has 3 aliphatic rings. The van der Waals surface area contributed by atoms with Crippen molar-refractivity contribution in [1.82, 2.24) is 0 Å². The molecule has 0 aromatic rings. The van der Waals surface area contributed by atoms with E-state index in [1.54, 1.807) is 12.5 Å². The van der Waals surface area contributed by atoms with E-state index < -0.39 is 0 Å². The summed E-state index contributed by atoms with van der Waals surface area (Å²) in [5.74, 6) is 0. The standard InChI is InChI=1S/3C10H20.C8H14O/c3*1-2-4-6-8-10-9-7-5-3-1;1-7(2)5-9-6-8(3)4/h3*1-10H2;5-6H,1-4H3. The fourth-order valence-corrected chi connectivity index (χ4v) is 5.61. The van der Waals surface area contributed by atoms with Crippen molar-refractivity contribution < 1.29 is 4.74 Å². The Labute approximate surface area is 248 Å². The maximum Gasteiger partial charge on any atom is 0.0887 e. The van der Waals surface area contributed by atoms with Crippen LogP contribution in [-0.2, 0) is 4.74 Å². The molecule has 3 rings (SSSR count). The Balaban J connectivity index is 0.000000494. The van der Waals surface area contributed by atoms with Crippen LogP contribution in [0.25, 0.3) is 0 Å². The van der Waals surface area contributed by atoms with E-state index in [2.05, 4.69) is 0 Å². The lowest BCUT2D eigenvalue weighted by Crippen LogP contribution is -1.85. The molecule has 0 aromatic carbocycles. The minimum absolute atomic E-state index is 1.17. The van der Waals surface area contributed by atoms with Gasteiger partial charge in [-0.25, -0.2) is 0 Å².